The van der Waals surface area contributed by atoms with Crippen molar-refractivity contribution in [3.05, 3.63) is 49.4 Å². The van der Waals surface area contributed by atoms with Gasteiger partial charge in [0.1, 0.15) is 15.7 Å². The Balaban J connectivity index is 2.19. The van der Waals surface area contributed by atoms with Crippen molar-refractivity contribution in [3.63, 3.8) is 0 Å². The van der Waals surface area contributed by atoms with Gasteiger partial charge >= 0.3 is 0 Å². The number of anilines is 1. The summed E-state index contributed by atoms with van der Waals surface area (Å²) in [5, 5.41) is 15.5. The minimum atomic E-state index is -0.618. The van der Waals surface area contributed by atoms with Crippen LogP contribution in [-0.4, -0.2) is 15.8 Å². The van der Waals surface area contributed by atoms with E-state index in [1.807, 2.05) is 0 Å². The predicted molar refractivity (Wildman–Crippen MR) is 76.1 cm³/mol. The maximum atomic E-state index is 11.9. The van der Waals surface area contributed by atoms with Crippen LogP contribution in [0.4, 0.5) is 11.4 Å². The van der Waals surface area contributed by atoms with Gasteiger partial charge in [-0.25, -0.2) is 4.98 Å². The molecule has 0 spiro atoms. The predicted octanol–water partition coefficient (Wildman–Crippen LogP) is 2.42. The molecule has 2 aromatic rings. The molecule has 1 aromatic heterocycles. The summed E-state index contributed by atoms with van der Waals surface area (Å²) in [6.45, 7) is 0.254. The van der Waals surface area contributed by atoms with Crippen LogP contribution in [0.2, 0.25) is 5.02 Å². The number of nitrogens with two attached hydrogens (primary N) is 1. The molecule has 0 saturated carbocycles. The van der Waals surface area contributed by atoms with Gasteiger partial charge in [0.15, 0.2) is 0 Å². The molecule has 1 aromatic carbocycles. The number of nitrogens with one attached hydrogen (secondary N) is 1. The quantitative estimate of drug-likeness (QED) is 0.665. The lowest BCUT2D eigenvalue weighted by Crippen LogP contribution is -2.12. The van der Waals surface area contributed by atoms with Crippen molar-refractivity contribution >= 4 is 40.2 Å². The summed E-state index contributed by atoms with van der Waals surface area (Å²) in [5.74, 6) is -0.461. The van der Waals surface area contributed by atoms with Crippen LogP contribution < -0.4 is 11.1 Å². The summed E-state index contributed by atoms with van der Waals surface area (Å²) in [5.41, 5.74) is 5.63. The Morgan fingerprint density at radius 2 is 2.30 bits per heavy atom. The molecule has 9 heteroatoms. The second-order valence-electron chi connectivity index (χ2n) is 3.71. The van der Waals surface area contributed by atoms with Gasteiger partial charge in [0.2, 0.25) is 0 Å². The first-order valence-electron chi connectivity index (χ1n) is 5.41. The highest BCUT2D eigenvalue weighted by Crippen LogP contribution is 2.27. The average Bonchev–Trinajstić information content (AvgIpc) is 2.89. The van der Waals surface area contributed by atoms with E-state index in [1.54, 1.807) is 5.38 Å². The van der Waals surface area contributed by atoms with Crippen LogP contribution >= 0.6 is 22.9 Å². The van der Waals surface area contributed by atoms with Gasteiger partial charge in [-0.05, 0) is 12.1 Å². The molecule has 0 aliphatic carbocycles. The fraction of sp³-hybridized carbons (Fsp3) is 0.0909. The zero-order valence-corrected chi connectivity index (χ0v) is 11.6. The van der Waals surface area contributed by atoms with E-state index >= 15 is 0 Å². The maximum Gasteiger partial charge on any atom is 0.289 e. The van der Waals surface area contributed by atoms with E-state index in [-0.39, 0.29) is 28.6 Å². The summed E-state index contributed by atoms with van der Waals surface area (Å²) in [6.07, 6.45) is 0. The normalized spacial score (nSPS) is 10.3. The number of thiazole rings is 1. The van der Waals surface area contributed by atoms with E-state index in [9.17, 15) is 14.9 Å². The Kier molecular flexibility index (Phi) is 4.28. The second kappa shape index (κ2) is 5.95. The number of rotatable bonds is 4. The Morgan fingerprint density at radius 3 is 2.90 bits per heavy atom. The van der Waals surface area contributed by atoms with Crippen LogP contribution in [-0.2, 0) is 6.54 Å². The zero-order chi connectivity index (χ0) is 14.7. The molecule has 2 rings (SSSR count). The minimum absolute atomic E-state index is 0.00655. The molecule has 0 aliphatic rings. The number of hydrogen-bond acceptors (Lipinski definition) is 6. The molecule has 0 aliphatic heterocycles. The van der Waals surface area contributed by atoms with Gasteiger partial charge in [0.25, 0.3) is 11.6 Å². The van der Waals surface area contributed by atoms with Crippen molar-refractivity contribution < 1.29 is 9.72 Å². The third kappa shape index (κ3) is 3.10. The second-order valence-corrected chi connectivity index (χ2v) is 5.06. The van der Waals surface area contributed by atoms with Gasteiger partial charge in [0, 0.05) is 23.7 Å². The number of nitro groups is 1. The van der Waals surface area contributed by atoms with E-state index < -0.39 is 10.8 Å². The lowest BCUT2D eigenvalue weighted by molar-refractivity contribution is -0.384. The third-order valence-corrected chi connectivity index (χ3v) is 3.55. The number of amides is 1. The molecule has 0 bridgehead atoms. The number of carbonyl (C=O) groups excluding carboxylic acids is 1. The number of nitro benzene ring substituents is 1. The first-order chi connectivity index (χ1) is 9.51. The number of nitrogens with zero attached hydrogens (tertiary/aromatic N) is 2. The van der Waals surface area contributed by atoms with E-state index in [1.165, 1.54) is 29.5 Å². The largest absolute Gasteiger partial charge is 0.325 e. The highest BCUT2D eigenvalue weighted by Gasteiger charge is 2.15. The van der Waals surface area contributed by atoms with Crippen LogP contribution in [0.15, 0.2) is 23.6 Å². The lowest BCUT2D eigenvalue weighted by Gasteiger charge is -2.03. The van der Waals surface area contributed by atoms with E-state index in [2.05, 4.69) is 10.3 Å². The molecule has 1 heterocycles. The monoisotopic (exact) mass is 312 g/mol. The Labute approximate surface area is 122 Å². The third-order valence-electron chi connectivity index (χ3n) is 2.36. The first kappa shape index (κ1) is 14.4. The molecular weight excluding hydrogens is 304 g/mol. The summed E-state index contributed by atoms with van der Waals surface area (Å²) in [4.78, 5) is 26.1. The van der Waals surface area contributed by atoms with Crippen molar-refractivity contribution in [1.29, 1.82) is 0 Å². The van der Waals surface area contributed by atoms with Gasteiger partial charge in [-0.1, -0.05) is 11.6 Å². The molecule has 0 saturated heterocycles. The summed E-state index contributed by atoms with van der Waals surface area (Å²) >= 11 is 6.96. The van der Waals surface area contributed by atoms with Crippen LogP contribution in [0, 0.1) is 10.1 Å². The molecule has 0 atom stereocenters. The number of carbonyl (C=O) groups is 1. The molecule has 0 fully saturated rings. The minimum Gasteiger partial charge on any atom is -0.325 e. The van der Waals surface area contributed by atoms with Crippen LogP contribution in [0.25, 0.3) is 0 Å². The highest BCUT2D eigenvalue weighted by atomic mass is 35.5. The fourth-order valence-electron chi connectivity index (χ4n) is 1.43. The smallest absolute Gasteiger partial charge is 0.289 e. The van der Waals surface area contributed by atoms with Crippen molar-refractivity contribution in [2.45, 2.75) is 6.54 Å². The maximum absolute atomic E-state index is 11.9. The van der Waals surface area contributed by atoms with Crippen molar-refractivity contribution in [2.75, 3.05) is 5.32 Å². The Bertz CT molecular complexity index is 673. The van der Waals surface area contributed by atoms with Crippen molar-refractivity contribution in [1.82, 2.24) is 4.98 Å². The van der Waals surface area contributed by atoms with Crippen LogP contribution in [0.3, 0.4) is 0 Å². The molecule has 1 amide bonds. The lowest BCUT2D eigenvalue weighted by atomic mass is 10.2. The Hall–Kier alpha value is -2.03. The van der Waals surface area contributed by atoms with Gasteiger partial charge in [-0.15, -0.1) is 11.3 Å². The standard InChI is InChI=1S/C11H9ClN4O3S/c12-7-2-1-6(3-9(7)16(18)19)14-11(17)8-5-20-10(4-13)15-8/h1-3,5H,4,13H2,(H,14,17). The fourth-order valence-corrected chi connectivity index (χ4v) is 2.28. The molecule has 7 nitrogen and oxygen atoms in total. The molecule has 0 unspecified atom stereocenters. The van der Waals surface area contributed by atoms with Gasteiger partial charge in [-0.2, -0.15) is 0 Å². The molecule has 0 radical (unpaired) electrons. The summed E-state index contributed by atoms with van der Waals surface area (Å²) in [7, 11) is 0. The van der Waals surface area contributed by atoms with Gasteiger partial charge < -0.3 is 11.1 Å². The molecule has 104 valence electrons. The summed E-state index contributed by atoms with van der Waals surface area (Å²) < 4.78 is 0. The van der Waals surface area contributed by atoms with E-state index in [0.717, 1.165) is 0 Å². The SMILES string of the molecule is NCc1nc(C(=O)Nc2ccc(Cl)c([N+](=O)[O-])c2)cs1. The first-order valence-corrected chi connectivity index (χ1v) is 6.67. The molecule has 3 N–H and O–H groups in total. The van der Waals surface area contributed by atoms with Crippen LogP contribution in [0.1, 0.15) is 15.5 Å². The number of hydrogen-bond donors (Lipinski definition) is 2. The molecular formula is C11H9ClN4O3S. The van der Waals surface area contributed by atoms with E-state index in [4.69, 9.17) is 17.3 Å². The Morgan fingerprint density at radius 1 is 1.55 bits per heavy atom. The van der Waals surface area contributed by atoms with Gasteiger partial charge in [-0.3, -0.25) is 14.9 Å². The van der Waals surface area contributed by atoms with Gasteiger partial charge in [0.05, 0.1) is 4.92 Å². The summed E-state index contributed by atoms with van der Waals surface area (Å²) in [6, 6.07) is 4.02. The highest BCUT2D eigenvalue weighted by molar-refractivity contribution is 7.09. The molecule has 20 heavy (non-hydrogen) atoms. The topological polar surface area (TPSA) is 111 Å². The van der Waals surface area contributed by atoms with E-state index in [0.29, 0.717) is 5.01 Å². The number of aromatic nitrogens is 1. The number of benzene rings is 1. The van der Waals surface area contributed by atoms with Crippen LogP contribution in [0.5, 0.6) is 0 Å². The van der Waals surface area contributed by atoms with Crippen molar-refractivity contribution in [3.8, 4) is 0 Å². The number of halogens is 1. The average molecular weight is 313 g/mol. The zero-order valence-electron chi connectivity index (χ0n) is 10.00. The van der Waals surface area contributed by atoms with Crippen molar-refractivity contribution in [2.24, 2.45) is 5.73 Å².